The first-order chi connectivity index (χ1) is 14.6. The van der Waals surface area contributed by atoms with Crippen molar-refractivity contribution < 1.29 is 19.1 Å². The zero-order valence-corrected chi connectivity index (χ0v) is 17.0. The third-order valence-electron chi connectivity index (χ3n) is 5.55. The molecule has 1 fully saturated rings. The first-order valence-electron chi connectivity index (χ1n) is 9.86. The lowest BCUT2D eigenvalue weighted by atomic mass is 10.0. The highest BCUT2D eigenvalue weighted by atomic mass is 16.5. The number of aromatic nitrogens is 3. The number of fused-ring (bicyclic) bond motifs is 1. The molecule has 1 aromatic carbocycles. The zero-order valence-electron chi connectivity index (χ0n) is 17.0. The summed E-state index contributed by atoms with van der Waals surface area (Å²) in [6, 6.07) is 5.76. The molecule has 0 unspecified atom stereocenters. The van der Waals surface area contributed by atoms with Crippen molar-refractivity contribution in [1.82, 2.24) is 19.9 Å². The molecular weight excluding hydrogens is 388 g/mol. The second-order valence-corrected chi connectivity index (χ2v) is 7.22. The van der Waals surface area contributed by atoms with Crippen LogP contribution in [0, 0.1) is 0 Å². The molecule has 4 rings (SSSR count). The minimum atomic E-state index is -0.592. The smallest absolute Gasteiger partial charge is 0.376 e. The van der Waals surface area contributed by atoms with Gasteiger partial charge in [0.15, 0.2) is 0 Å². The number of benzene rings is 1. The Morgan fingerprint density at radius 3 is 2.70 bits per heavy atom. The van der Waals surface area contributed by atoms with Crippen LogP contribution in [0.15, 0.2) is 24.5 Å². The monoisotopic (exact) mass is 412 g/mol. The number of nitrogens with one attached hydrogen (secondary N) is 1. The molecule has 2 aromatic rings. The Balaban J connectivity index is 1.41. The molecule has 1 saturated heterocycles. The van der Waals surface area contributed by atoms with Crippen LogP contribution in [0.3, 0.4) is 0 Å². The first-order valence-corrected chi connectivity index (χ1v) is 9.86. The van der Waals surface area contributed by atoms with E-state index >= 15 is 0 Å². The average molecular weight is 412 g/mol. The maximum atomic E-state index is 12.8. The van der Waals surface area contributed by atoms with Gasteiger partial charge in [-0.2, -0.15) is 4.98 Å². The van der Waals surface area contributed by atoms with Gasteiger partial charge in [-0.3, -0.25) is 0 Å². The van der Waals surface area contributed by atoms with Crippen LogP contribution in [0.4, 0.5) is 16.4 Å². The molecule has 0 aliphatic carbocycles. The molecule has 0 bridgehead atoms. The van der Waals surface area contributed by atoms with Gasteiger partial charge in [0, 0.05) is 31.4 Å². The van der Waals surface area contributed by atoms with Crippen LogP contribution in [0.25, 0.3) is 0 Å². The van der Waals surface area contributed by atoms with Gasteiger partial charge in [-0.1, -0.05) is 0 Å². The molecule has 0 radical (unpaired) electrons. The topological polar surface area (TPSA) is 110 Å². The van der Waals surface area contributed by atoms with Gasteiger partial charge in [0.2, 0.25) is 11.8 Å². The molecule has 1 aromatic heterocycles. The van der Waals surface area contributed by atoms with Gasteiger partial charge in [0.05, 0.1) is 14.2 Å². The number of carbonyl (C=O) groups is 2. The van der Waals surface area contributed by atoms with Crippen molar-refractivity contribution >= 4 is 23.6 Å². The summed E-state index contributed by atoms with van der Waals surface area (Å²) in [4.78, 5) is 40.6. The summed E-state index contributed by atoms with van der Waals surface area (Å²) in [6.45, 7) is 2.01. The maximum Gasteiger partial charge on any atom is 0.376 e. The SMILES string of the molecule is COC(=O)c1ncnc(N2CCC(N3CCc4cc(OC)ccc4NC3=O)CC2)n1. The van der Waals surface area contributed by atoms with Gasteiger partial charge in [-0.05, 0) is 43.0 Å². The van der Waals surface area contributed by atoms with Gasteiger partial charge in [-0.25, -0.2) is 19.6 Å². The standard InChI is InChI=1S/C20H24N6O4/c1-29-15-3-4-16-13(11-15)5-10-26(20(28)23-16)14-6-8-25(9-7-14)19-22-12-21-17(24-19)18(27)30-2/h3-4,11-12,14H,5-10H2,1-2H3,(H,23,28). The lowest BCUT2D eigenvalue weighted by Gasteiger charge is -2.37. The lowest BCUT2D eigenvalue weighted by molar-refractivity contribution is 0.0586. The molecule has 0 atom stereocenters. The van der Waals surface area contributed by atoms with E-state index in [4.69, 9.17) is 4.74 Å². The van der Waals surface area contributed by atoms with Crippen LogP contribution >= 0.6 is 0 Å². The highest BCUT2D eigenvalue weighted by Crippen LogP contribution is 2.28. The van der Waals surface area contributed by atoms with Crippen molar-refractivity contribution in [1.29, 1.82) is 0 Å². The quantitative estimate of drug-likeness (QED) is 0.756. The summed E-state index contributed by atoms with van der Waals surface area (Å²) < 4.78 is 9.97. The fraction of sp³-hybridized carbons (Fsp3) is 0.450. The van der Waals surface area contributed by atoms with Gasteiger partial charge in [0.1, 0.15) is 12.1 Å². The summed E-state index contributed by atoms with van der Waals surface area (Å²) in [6.07, 6.45) is 3.65. The molecule has 3 heterocycles. The summed E-state index contributed by atoms with van der Waals surface area (Å²) >= 11 is 0. The number of nitrogens with zero attached hydrogens (tertiary/aromatic N) is 5. The Bertz CT molecular complexity index is 945. The van der Waals surface area contributed by atoms with Gasteiger partial charge < -0.3 is 24.6 Å². The second-order valence-electron chi connectivity index (χ2n) is 7.22. The second kappa shape index (κ2) is 8.52. The average Bonchev–Trinajstić information content (AvgIpc) is 2.96. The number of methoxy groups -OCH3 is 2. The summed E-state index contributed by atoms with van der Waals surface area (Å²) in [7, 11) is 2.93. The molecular formula is C20H24N6O4. The van der Waals surface area contributed by atoms with Gasteiger partial charge >= 0.3 is 12.0 Å². The number of piperidine rings is 1. The fourth-order valence-electron chi connectivity index (χ4n) is 3.91. The highest BCUT2D eigenvalue weighted by Gasteiger charge is 2.31. The van der Waals surface area contributed by atoms with E-state index < -0.39 is 5.97 Å². The number of hydrogen-bond acceptors (Lipinski definition) is 8. The number of anilines is 2. The number of rotatable bonds is 4. The van der Waals surface area contributed by atoms with Crippen molar-refractivity contribution in [2.75, 3.05) is 44.1 Å². The Kier molecular flexibility index (Phi) is 5.64. The van der Waals surface area contributed by atoms with E-state index in [-0.39, 0.29) is 17.9 Å². The number of esters is 1. The highest BCUT2D eigenvalue weighted by molar-refractivity contribution is 5.91. The number of amides is 2. The van der Waals surface area contributed by atoms with Gasteiger partial charge in [-0.15, -0.1) is 0 Å². The summed E-state index contributed by atoms with van der Waals surface area (Å²) in [5.74, 6) is 0.632. The number of carbonyl (C=O) groups excluding carboxylic acids is 2. The van der Waals surface area contributed by atoms with Crippen LogP contribution in [-0.2, 0) is 11.2 Å². The predicted octanol–water partition coefficient (Wildman–Crippen LogP) is 1.73. The minimum absolute atomic E-state index is 0.00953. The summed E-state index contributed by atoms with van der Waals surface area (Å²) in [5, 5.41) is 3.02. The van der Waals surface area contributed by atoms with Gasteiger partial charge in [0.25, 0.3) is 0 Å². The van der Waals surface area contributed by atoms with E-state index in [0.29, 0.717) is 25.6 Å². The third kappa shape index (κ3) is 3.98. The molecule has 2 aliphatic rings. The van der Waals surface area contributed by atoms with Crippen molar-refractivity contribution in [2.45, 2.75) is 25.3 Å². The Labute approximate surface area is 174 Å². The van der Waals surface area contributed by atoms with Crippen molar-refractivity contribution in [2.24, 2.45) is 0 Å². The van der Waals surface area contributed by atoms with E-state index in [0.717, 1.165) is 36.3 Å². The Morgan fingerprint density at radius 2 is 1.97 bits per heavy atom. The van der Waals surface area contributed by atoms with E-state index in [2.05, 4.69) is 25.0 Å². The summed E-state index contributed by atoms with van der Waals surface area (Å²) in [5.41, 5.74) is 1.91. The molecule has 2 aliphatic heterocycles. The van der Waals surface area contributed by atoms with Crippen molar-refractivity contribution in [3.63, 3.8) is 0 Å². The molecule has 10 nitrogen and oxygen atoms in total. The third-order valence-corrected chi connectivity index (χ3v) is 5.55. The molecule has 10 heteroatoms. The molecule has 1 N–H and O–H groups in total. The van der Waals surface area contributed by atoms with Crippen LogP contribution in [0.1, 0.15) is 29.0 Å². The number of hydrogen-bond donors (Lipinski definition) is 1. The fourth-order valence-corrected chi connectivity index (χ4v) is 3.91. The van der Waals surface area contributed by atoms with Crippen LogP contribution < -0.4 is 15.0 Å². The van der Waals surface area contributed by atoms with E-state index in [1.54, 1.807) is 7.11 Å². The largest absolute Gasteiger partial charge is 0.497 e. The molecule has 2 amide bonds. The normalized spacial score (nSPS) is 17.1. The lowest BCUT2D eigenvalue weighted by Crippen LogP contribution is -2.49. The number of urea groups is 1. The zero-order chi connectivity index (χ0) is 21.1. The Hall–Kier alpha value is -3.43. The minimum Gasteiger partial charge on any atom is -0.497 e. The van der Waals surface area contributed by atoms with Crippen molar-refractivity contribution in [3.8, 4) is 5.75 Å². The molecule has 0 spiro atoms. The first kappa shape index (κ1) is 19.9. The van der Waals surface area contributed by atoms with E-state index in [1.165, 1.54) is 13.4 Å². The molecule has 30 heavy (non-hydrogen) atoms. The van der Waals surface area contributed by atoms with Crippen LogP contribution in [0.5, 0.6) is 5.75 Å². The molecule has 0 saturated carbocycles. The Morgan fingerprint density at radius 1 is 1.17 bits per heavy atom. The van der Waals surface area contributed by atoms with Crippen molar-refractivity contribution in [3.05, 3.63) is 35.9 Å². The maximum absolute atomic E-state index is 12.8. The number of ether oxygens (including phenoxy) is 2. The van der Waals surface area contributed by atoms with Crippen LogP contribution in [0.2, 0.25) is 0 Å². The molecule has 158 valence electrons. The predicted molar refractivity (Wildman–Crippen MR) is 109 cm³/mol. The van der Waals surface area contributed by atoms with E-state index in [9.17, 15) is 9.59 Å². The van der Waals surface area contributed by atoms with E-state index in [1.807, 2.05) is 28.0 Å². The van der Waals surface area contributed by atoms with Crippen LogP contribution in [-0.4, -0.2) is 71.7 Å².